The summed E-state index contributed by atoms with van der Waals surface area (Å²) in [4.78, 5) is 37.2. The topological polar surface area (TPSA) is 66.1 Å². The van der Waals surface area contributed by atoms with Gasteiger partial charge in [0, 0.05) is 35.5 Å². The number of rotatable bonds is 2. The van der Waals surface area contributed by atoms with E-state index in [1.807, 2.05) is 0 Å². The summed E-state index contributed by atoms with van der Waals surface area (Å²) < 4.78 is 27.0. The van der Waals surface area contributed by atoms with E-state index >= 15 is 0 Å². The second-order valence-electron chi connectivity index (χ2n) is 8.42. The fraction of sp³-hybridized carbons (Fsp3) is 0.435. The molecule has 5 rings (SSSR count). The highest BCUT2D eigenvalue weighted by Crippen LogP contribution is 2.35. The highest BCUT2D eigenvalue weighted by atomic mass is 32.1. The van der Waals surface area contributed by atoms with Crippen LogP contribution < -0.4 is 5.56 Å². The third-order valence-corrected chi connectivity index (χ3v) is 7.54. The Labute approximate surface area is 182 Å². The SMILES string of the molecule is O=C(c1cc(F)cc(F)c1)N1CCCC(c2nc3sc4c(c3c(=O)[nH]2)CCCC4)CC1. The number of halogens is 2. The maximum Gasteiger partial charge on any atom is 0.259 e. The number of benzene rings is 1. The van der Waals surface area contributed by atoms with Gasteiger partial charge in [0.25, 0.3) is 11.5 Å². The van der Waals surface area contributed by atoms with E-state index in [0.29, 0.717) is 25.3 Å². The van der Waals surface area contributed by atoms with Crippen molar-refractivity contribution in [3.05, 3.63) is 62.0 Å². The Bertz CT molecular complexity index is 1200. The Balaban J connectivity index is 1.37. The van der Waals surface area contributed by atoms with Crippen molar-refractivity contribution in [2.45, 2.75) is 50.9 Å². The molecule has 1 fully saturated rings. The molecule has 0 bridgehead atoms. The van der Waals surface area contributed by atoms with Gasteiger partial charge < -0.3 is 9.88 Å². The Morgan fingerprint density at radius 3 is 2.65 bits per heavy atom. The van der Waals surface area contributed by atoms with Crippen LogP contribution in [0.15, 0.2) is 23.0 Å². The van der Waals surface area contributed by atoms with Crippen molar-refractivity contribution in [1.29, 1.82) is 0 Å². The number of likely N-dealkylation sites (tertiary alicyclic amines) is 1. The van der Waals surface area contributed by atoms with Crippen LogP contribution >= 0.6 is 11.3 Å². The number of hydrogen-bond donors (Lipinski definition) is 1. The smallest absolute Gasteiger partial charge is 0.259 e. The number of nitrogens with zero attached hydrogens (tertiary/aromatic N) is 2. The number of aromatic nitrogens is 2. The molecule has 0 spiro atoms. The van der Waals surface area contributed by atoms with Crippen molar-refractivity contribution in [2.24, 2.45) is 0 Å². The molecular formula is C23H23F2N3O2S. The van der Waals surface area contributed by atoms with Crippen molar-refractivity contribution in [3.63, 3.8) is 0 Å². The molecule has 1 amide bonds. The predicted octanol–water partition coefficient (Wildman–Crippen LogP) is 4.55. The number of H-pyrrole nitrogens is 1. The molecule has 2 aliphatic rings. The molecule has 1 atom stereocenters. The van der Waals surface area contributed by atoms with Gasteiger partial charge in [-0.15, -0.1) is 11.3 Å². The first-order valence-corrected chi connectivity index (χ1v) is 11.6. The van der Waals surface area contributed by atoms with Crippen molar-refractivity contribution < 1.29 is 13.6 Å². The molecule has 31 heavy (non-hydrogen) atoms. The predicted molar refractivity (Wildman–Crippen MR) is 116 cm³/mol. The van der Waals surface area contributed by atoms with E-state index in [9.17, 15) is 18.4 Å². The van der Waals surface area contributed by atoms with Gasteiger partial charge in [0.15, 0.2) is 0 Å². The van der Waals surface area contributed by atoms with E-state index in [1.165, 1.54) is 10.4 Å². The average molecular weight is 444 g/mol. The standard InChI is InChI=1S/C23H23F2N3O2S/c24-15-10-14(11-16(25)12-15)23(30)28-8-3-4-13(7-9-28)20-26-21(29)19-17-5-1-2-6-18(17)31-22(19)27-20/h10-13H,1-9H2,(H,26,27,29). The first-order chi connectivity index (χ1) is 15.0. The monoisotopic (exact) mass is 443 g/mol. The van der Waals surface area contributed by atoms with Gasteiger partial charge >= 0.3 is 0 Å². The number of nitrogens with one attached hydrogen (secondary N) is 1. The summed E-state index contributed by atoms with van der Waals surface area (Å²) >= 11 is 1.64. The quantitative estimate of drug-likeness (QED) is 0.632. The Morgan fingerprint density at radius 2 is 1.84 bits per heavy atom. The summed E-state index contributed by atoms with van der Waals surface area (Å²) in [5.74, 6) is -1.17. The van der Waals surface area contributed by atoms with Crippen LogP contribution in [0.4, 0.5) is 8.78 Å². The van der Waals surface area contributed by atoms with Gasteiger partial charge in [0.2, 0.25) is 0 Å². The first-order valence-electron chi connectivity index (χ1n) is 10.8. The minimum atomic E-state index is -0.759. The van der Waals surface area contributed by atoms with Crippen molar-refractivity contribution in [1.82, 2.24) is 14.9 Å². The second kappa shape index (κ2) is 8.15. The summed E-state index contributed by atoms with van der Waals surface area (Å²) in [6.07, 6.45) is 6.40. The summed E-state index contributed by atoms with van der Waals surface area (Å²) in [6, 6.07) is 2.90. The molecule has 5 nitrogen and oxygen atoms in total. The summed E-state index contributed by atoms with van der Waals surface area (Å²) in [6.45, 7) is 0.956. The summed E-state index contributed by atoms with van der Waals surface area (Å²) in [7, 11) is 0. The van der Waals surface area contributed by atoms with Crippen molar-refractivity contribution >= 4 is 27.5 Å². The number of thiophene rings is 1. The molecule has 3 aromatic rings. The van der Waals surface area contributed by atoms with Crippen LogP contribution in [0.2, 0.25) is 0 Å². The second-order valence-corrected chi connectivity index (χ2v) is 9.50. The molecule has 1 unspecified atom stereocenters. The van der Waals surface area contributed by atoms with E-state index in [2.05, 4.69) is 4.98 Å². The van der Waals surface area contributed by atoms with Gasteiger partial charge in [-0.25, -0.2) is 13.8 Å². The minimum absolute atomic E-state index is 0.0214. The molecular weight excluding hydrogens is 420 g/mol. The van der Waals surface area contributed by atoms with Crippen LogP contribution in [0.5, 0.6) is 0 Å². The largest absolute Gasteiger partial charge is 0.339 e. The number of hydrogen-bond acceptors (Lipinski definition) is 4. The maximum atomic E-state index is 13.5. The lowest BCUT2D eigenvalue weighted by molar-refractivity contribution is 0.0760. The lowest BCUT2D eigenvalue weighted by Crippen LogP contribution is -2.32. The number of carbonyl (C=O) groups excluding carboxylic acids is 1. The molecule has 1 aliphatic heterocycles. The summed E-state index contributed by atoms with van der Waals surface area (Å²) in [5, 5.41) is 0.752. The third-order valence-electron chi connectivity index (χ3n) is 6.35. The number of fused-ring (bicyclic) bond motifs is 3. The van der Waals surface area contributed by atoms with Crippen LogP contribution in [0, 0.1) is 11.6 Å². The van der Waals surface area contributed by atoms with Crippen molar-refractivity contribution in [3.8, 4) is 0 Å². The zero-order valence-electron chi connectivity index (χ0n) is 17.0. The minimum Gasteiger partial charge on any atom is -0.339 e. The molecule has 1 saturated heterocycles. The normalized spacial score (nSPS) is 19.3. The van der Waals surface area contributed by atoms with Crippen LogP contribution in [0.1, 0.15) is 64.6 Å². The number of aromatic amines is 1. The van der Waals surface area contributed by atoms with Crippen LogP contribution in [-0.2, 0) is 12.8 Å². The molecule has 8 heteroatoms. The first kappa shape index (κ1) is 20.3. The van der Waals surface area contributed by atoms with Gasteiger partial charge in [-0.3, -0.25) is 9.59 Å². The van der Waals surface area contributed by atoms with Gasteiger partial charge in [-0.2, -0.15) is 0 Å². The summed E-state index contributed by atoms with van der Waals surface area (Å²) in [5.41, 5.74) is 1.13. The molecule has 1 aromatic carbocycles. The highest BCUT2D eigenvalue weighted by Gasteiger charge is 2.26. The van der Waals surface area contributed by atoms with Gasteiger partial charge in [0.05, 0.1) is 5.39 Å². The molecule has 0 radical (unpaired) electrons. The third kappa shape index (κ3) is 3.89. The van der Waals surface area contributed by atoms with Crippen LogP contribution in [0.25, 0.3) is 10.2 Å². The van der Waals surface area contributed by atoms with Gasteiger partial charge in [-0.05, 0) is 62.6 Å². The fourth-order valence-corrected chi connectivity index (χ4v) is 6.08. The van der Waals surface area contributed by atoms with Crippen molar-refractivity contribution in [2.75, 3.05) is 13.1 Å². The zero-order valence-corrected chi connectivity index (χ0v) is 17.9. The number of amides is 1. The zero-order chi connectivity index (χ0) is 21.5. The number of carbonyl (C=O) groups is 1. The highest BCUT2D eigenvalue weighted by molar-refractivity contribution is 7.18. The van der Waals surface area contributed by atoms with E-state index in [-0.39, 0.29) is 22.9 Å². The lowest BCUT2D eigenvalue weighted by atomic mass is 9.97. The van der Waals surface area contributed by atoms with Crippen LogP contribution in [0.3, 0.4) is 0 Å². The molecule has 2 aromatic heterocycles. The Kier molecular flexibility index (Phi) is 5.33. The average Bonchev–Trinajstić information content (AvgIpc) is 2.94. The molecule has 0 saturated carbocycles. The number of aryl methyl sites for hydroxylation is 2. The van der Waals surface area contributed by atoms with Crippen LogP contribution in [-0.4, -0.2) is 33.9 Å². The Morgan fingerprint density at radius 1 is 1.06 bits per heavy atom. The maximum absolute atomic E-state index is 13.5. The lowest BCUT2D eigenvalue weighted by Gasteiger charge is -2.20. The van der Waals surface area contributed by atoms with E-state index < -0.39 is 11.6 Å². The van der Waals surface area contributed by atoms with Gasteiger partial charge in [-0.1, -0.05) is 0 Å². The van der Waals surface area contributed by atoms with Gasteiger partial charge in [0.1, 0.15) is 22.3 Å². The molecule has 1 aliphatic carbocycles. The Hall–Kier alpha value is -2.61. The van der Waals surface area contributed by atoms with E-state index in [4.69, 9.17) is 4.98 Å². The van der Waals surface area contributed by atoms with E-state index in [0.717, 1.165) is 66.9 Å². The molecule has 3 heterocycles. The molecule has 162 valence electrons. The fourth-order valence-electron chi connectivity index (χ4n) is 4.81. The molecule has 1 N–H and O–H groups in total. The van der Waals surface area contributed by atoms with E-state index in [1.54, 1.807) is 16.2 Å².